The quantitative estimate of drug-likeness (QED) is 0.469. The van der Waals surface area contributed by atoms with E-state index in [9.17, 15) is 4.79 Å². The van der Waals surface area contributed by atoms with Gasteiger partial charge in [0.15, 0.2) is 5.82 Å². The molecule has 3 heterocycles. The largest absolute Gasteiger partial charge is 0.497 e. The number of halogens is 1. The van der Waals surface area contributed by atoms with Crippen molar-refractivity contribution in [3.8, 4) is 17.1 Å². The number of fused-ring (bicyclic) bond motifs is 2. The average Bonchev–Trinajstić information content (AvgIpc) is 3.30. The topological polar surface area (TPSA) is 74.0 Å². The number of hydrogen-bond donors (Lipinski definition) is 1. The summed E-state index contributed by atoms with van der Waals surface area (Å²) < 4.78 is 9.34. The number of nitrogens with zero attached hydrogens (tertiary/aromatic N) is 4. The molecule has 0 radical (unpaired) electrons. The van der Waals surface area contributed by atoms with Gasteiger partial charge in [-0.15, -0.1) is 10.2 Å². The lowest BCUT2D eigenvalue weighted by molar-refractivity contribution is -0.116. The predicted octanol–water partition coefficient (Wildman–Crippen LogP) is 4.93. The summed E-state index contributed by atoms with van der Waals surface area (Å²) in [7, 11) is 1.64. The van der Waals surface area contributed by atoms with Gasteiger partial charge in [-0.3, -0.25) is 4.79 Å². The van der Waals surface area contributed by atoms with Crippen LogP contribution in [0.25, 0.3) is 22.3 Å². The Labute approximate surface area is 191 Å². The van der Waals surface area contributed by atoms with Crippen molar-refractivity contribution in [3.63, 3.8) is 0 Å². The zero-order chi connectivity index (χ0) is 22.1. The fraction of sp³-hybridized carbons (Fsp3) is 0.292. The lowest BCUT2D eigenvalue weighted by Crippen LogP contribution is -2.18. The average molecular weight is 450 g/mol. The second-order valence-corrected chi connectivity index (χ2v) is 8.42. The van der Waals surface area contributed by atoms with Crippen molar-refractivity contribution in [1.82, 2.24) is 19.3 Å². The number of carbonyl (C=O) groups is 1. The summed E-state index contributed by atoms with van der Waals surface area (Å²) >= 11 is 6.50. The SMILES string of the molecule is COc1ccc2c(ccn2CC(=O)Nc2ccc(Cl)c(-c3nnc4n3CCCCC4)c2)c1. The van der Waals surface area contributed by atoms with E-state index in [2.05, 4.69) is 20.1 Å². The van der Waals surface area contributed by atoms with Gasteiger partial charge >= 0.3 is 0 Å². The molecular formula is C24H24ClN5O2. The number of anilines is 1. The first-order valence-electron chi connectivity index (χ1n) is 10.8. The maximum Gasteiger partial charge on any atom is 0.244 e. The van der Waals surface area contributed by atoms with E-state index in [1.807, 2.05) is 47.2 Å². The van der Waals surface area contributed by atoms with Crippen molar-refractivity contribution in [2.24, 2.45) is 0 Å². The Balaban J connectivity index is 1.36. The molecule has 1 amide bonds. The zero-order valence-electron chi connectivity index (χ0n) is 17.8. The van der Waals surface area contributed by atoms with E-state index in [0.29, 0.717) is 10.7 Å². The Morgan fingerprint density at radius 3 is 2.91 bits per heavy atom. The van der Waals surface area contributed by atoms with Gasteiger partial charge in [0.2, 0.25) is 5.91 Å². The molecule has 0 bridgehead atoms. The summed E-state index contributed by atoms with van der Waals surface area (Å²) in [5, 5.41) is 13.4. The molecule has 8 heteroatoms. The Kier molecular flexibility index (Phi) is 5.57. The van der Waals surface area contributed by atoms with Gasteiger partial charge < -0.3 is 19.2 Å². The lowest BCUT2D eigenvalue weighted by Gasteiger charge is -2.12. The summed E-state index contributed by atoms with van der Waals surface area (Å²) in [5.74, 6) is 2.43. The second kappa shape index (κ2) is 8.67. The summed E-state index contributed by atoms with van der Waals surface area (Å²) in [6.07, 6.45) is 6.25. The van der Waals surface area contributed by atoms with Crippen LogP contribution in [0.15, 0.2) is 48.7 Å². The number of amides is 1. The number of ether oxygens (including phenoxy) is 1. The van der Waals surface area contributed by atoms with E-state index < -0.39 is 0 Å². The summed E-state index contributed by atoms with van der Waals surface area (Å²) in [4.78, 5) is 12.8. The standard InChI is InChI=1S/C24H24ClN5O2/c1-32-18-7-9-21-16(13-18)10-12-29(21)15-23(31)26-17-6-8-20(25)19(14-17)24-28-27-22-5-3-2-4-11-30(22)24/h6-10,12-14H,2-5,11,15H2,1H3,(H,26,31). The van der Waals surface area contributed by atoms with Gasteiger partial charge in [0.25, 0.3) is 0 Å². The minimum absolute atomic E-state index is 0.119. The summed E-state index contributed by atoms with van der Waals surface area (Å²) in [6.45, 7) is 1.09. The van der Waals surface area contributed by atoms with E-state index in [0.717, 1.165) is 59.7 Å². The van der Waals surface area contributed by atoms with Crippen LogP contribution in [0.2, 0.25) is 5.02 Å². The molecular weight excluding hydrogens is 426 g/mol. The molecule has 0 saturated carbocycles. The lowest BCUT2D eigenvalue weighted by atomic mass is 10.1. The number of rotatable bonds is 5. The molecule has 5 rings (SSSR count). The molecule has 0 spiro atoms. The molecule has 0 saturated heterocycles. The molecule has 7 nitrogen and oxygen atoms in total. The molecule has 32 heavy (non-hydrogen) atoms. The van der Waals surface area contributed by atoms with Crippen LogP contribution in [0.1, 0.15) is 25.1 Å². The van der Waals surface area contributed by atoms with Crippen molar-refractivity contribution in [2.75, 3.05) is 12.4 Å². The zero-order valence-corrected chi connectivity index (χ0v) is 18.6. The third-order valence-electron chi connectivity index (χ3n) is 5.89. The van der Waals surface area contributed by atoms with E-state index in [1.165, 1.54) is 6.42 Å². The third-order valence-corrected chi connectivity index (χ3v) is 6.22. The van der Waals surface area contributed by atoms with Gasteiger partial charge in [-0.1, -0.05) is 18.0 Å². The molecule has 4 aromatic rings. The van der Waals surface area contributed by atoms with E-state index in [-0.39, 0.29) is 12.5 Å². The van der Waals surface area contributed by atoms with Gasteiger partial charge in [0.05, 0.1) is 12.1 Å². The van der Waals surface area contributed by atoms with Crippen LogP contribution in [-0.4, -0.2) is 32.3 Å². The van der Waals surface area contributed by atoms with Gasteiger partial charge in [-0.25, -0.2) is 0 Å². The monoisotopic (exact) mass is 449 g/mol. The Morgan fingerprint density at radius 2 is 2.03 bits per heavy atom. The number of carbonyl (C=O) groups excluding carboxylic acids is 1. The van der Waals surface area contributed by atoms with Crippen molar-refractivity contribution in [3.05, 3.63) is 59.5 Å². The van der Waals surface area contributed by atoms with Crippen LogP contribution in [0.4, 0.5) is 5.69 Å². The Bertz CT molecular complexity index is 1290. The van der Waals surface area contributed by atoms with Gasteiger partial charge in [-0.05, 0) is 55.3 Å². The van der Waals surface area contributed by atoms with Crippen molar-refractivity contribution in [1.29, 1.82) is 0 Å². The van der Waals surface area contributed by atoms with Crippen LogP contribution in [-0.2, 0) is 24.3 Å². The minimum Gasteiger partial charge on any atom is -0.497 e. The Morgan fingerprint density at radius 1 is 1.12 bits per heavy atom. The van der Waals surface area contributed by atoms with E-state index in [4.69, 9.17) is 16.3 Å². The molecule has 1 N–H and O–H groups in total. The van der Waals surface area contributed by atoms with E-state index in [1.54, 1.807) is 13.2 Å². The van der Waals surface area contributed by atoms with E-state index >= 15 is 0 Å². The number of benzene rings is 2. The van der Waals surface area contributed by atoms with Crippen LogP contribution in [0, 0.1) is 0 Å². The number of methoxy groups -OCH3 is 1. The van der Waals surface area contributed by atoms with Crippen LogP contribution in [0.5, 0.6) is 5.75 Å². The molecule has 0 fully saturated rings. The smallest absolute Gasteiger partial charge is 0.244 e. The highest BCUT2D eigenvalue weighted by atomic mass is 35.5. The molecule has 0 atom stereocenters. The number of hydrogen-bond acceptors (Lipinski definition) is 4. The van der Waals surface area contributed by atoms with Gasteiger partial charge in [0, 0.05) is 41.3 Å². The van der Waals surface area contributed by atoms with Crippen LogP contribution < -0.4 is 10.1 Å². The molecule has 2 aromatic carbocycles. The fourth-order valence-electron chi connectivity index (χ4n) is 4.26. The van der Waals surface area contributed by atoms with Crippen molar-refractivity contribution < 1.29 is 9.53 Å². The van der Waals surface area contributed by atoms with Gasteiger partial charge in [-0.2, -0.15) is 0 Å². The third kappa shape index (κ3) is 3.96. The predicted molar refractivity (Wildman–Crippen MR) is 125 cm³/mol. The maximum atomic E-state index is 12.8. The first-order valence-corrected chi connectivity index (χ1v) is 11.1. The molecule has 0 aliphatic carbocycles. The highest BCUT2D eigenvalue weighted by Gasteiger charge is 2.19. The first kappa shape index (κ1) is 20.6. The van der Waals surface area contributed by atoms with Crippen LogP contribution >= 0.6 is 11.6 Å². The number of aryl methyl sites for hydroxylation is 1. The van der Waals surface area contributed by atoms with Crippen molar-refractivity contribution >= 4 is 34.1 Å². The van der Waals surface area contributed by atoms with Crippen molar-refractivity contribution in [2.45, 2.75) is 38.8 Å². The van der Waals surface area contributed by atoms with Gasteiger partial charge in [0.1, 0.15) is 18.1 Å². The molecule has 2 aromatic heterocycles. The number of nitrogens with one attached hydrogen (secondary N) is 1. The molecule has 1 aliphatic heterocycles. The highest BCUT2D eigenvalue weighted by molar-refractivity contribution is 6.33. The second-order valence-electron chi connectivity index (χ2n) is 8.01. The first-order chi connectivity index (χ1) is 15.6. The minimum atomic E-state index is -0.119. The normalized spacial score (nSPS) is 13.6. The molecule has 164 valence electrons. The molecule has 0 unspecified atom stereocenters. The maximum absolute atomic E-state index is 12.8. The number of aromatic nitrogens is 4. The van der Waals surface area contributed by atoms with Crippen LogP contribution in [0.3, 0.4) is 0 Å². The Hall–Kier alpha value is -3.32. The summed E-state index contributed by atoms with van der Waals surface area (Å²) in [6, 6.07) is 13.3. The highest BCUT2D eigenvalue weighted by Crippen LogP contribution is 2.31. The summed E-state index contributed by atoms with van der Waals surface area (Å²) in [5.41, 5.74) is 2.44. The molecule has 1 aliphatic rings. The fourth-order valence-corrected chi connectivity index (χ4v) is 4.46.